The highest BCUT2D eigenvalue weighted by Crippen LogP contribution is 2.36. The first-order valence-corrected chi connectivity index (χ1v) is 8.23. The number of phenolic OH excluding ortho intramolecular Hbond substituents is 1. The van der Waals surface area contributed by atoms with Crippen LogP contribution >= 0.6 is 11.6 Å². The number of nitrogens with one attached hydrogen (secondary N) is 2. The summed E-state index contributed by atoms with van der Waals surface area (Å²) in [5, 5.41) is 27.1. The van der Waals surface area contributed by atoms with Crippen molar-refractivity contribution in [2.45, 2.75) is 6.92 Å². The van der Waals surface area contributed by atoms with E-state index in [1.54, 1.807) is 25.1 Å². The molecule has 10 nitrogen and oxygen atoms in total. The van der Waals surface area contributed by atoms with Crippen molar-refractivity contribution in [3.8, 4) is 11.5 Å². The number of phenols is 1. The van der Waals surface area contributed by atoms with Gasteiger partial charge in [-0.2, -0.15) is 5.10 Å². The van der Waals surface area contributed by atoms with Crippen LogP contribution in [0, 0.1) is 10.1 Å². The largest absolute Gasteiger partial charge is 0.500 e. The van der Waals surface area contributed by atoms with E-state index in [-0.39, 0.29) is 17.9 Å². The van der Waals surface area contributed by atoms with Gasteiger partial charge in [0.05, 0.1) is 17.7 Å². The second kappa shape index (κ2) is 9.33. The molecule has 28 heavy (non-hydrogen) atoms. The molecular formula is C17H15ClN4O6. The second-order valence-electron chi connectivity index (χ2n) is 5.24. The third-order valence-corrected chi connectivity index (χ3v) is 3.48. The summed E-state index contributed by atoms with van der Waals surface area (Å²) in [6, 6.07) is 8.55. The summed E-state index contributed by atoms with van der Waals surface area (Å²) in [6.07, 6.45) is 1.07. The van der Waals surface area contributed by atoms with Gasteiger partial charge in [0, 0.05) is 22.3 Å². The number of ether oxygens (including phenoxy) is 1. The fraction of sp³-hybridized carbons (Fsp3) is 0.118. The Morgan fingerprint density at radius 3 is 2.71 bits per heavy atom. The van der Waals surface area contributed by atoms with Crippen LogP contribution in [0.1, 0.15) is 12.5 Å². The Bertz CT molecular complexity index is 947. The van der Waals surface area contributed by atoms with Gasteiger partial charge < -0.3 is 15.2 Å². The Morgan fingerprint density at radius 1 is 1.32 bits per heavy atom. The molecule has 2 aromatic rings. The van der Waals surface area contributed by atoms with Crippen molar-refractivity contribution < 1.29 is 24.4 Å². The van der Waals surface area contributed by atoms with E-state index in [0.29, 0.717) is 10.7 Å². The molecule has 0 unspecified atom stereocenters. The highest BCUT2D eigenvalue weighted by atomic mass is 35.5. The first kappa shape index (κ1) is 20.6. The van der Waals surface area contributed by atoms with E-state index in [1.807, 2.05) is 5.43 Å². The molecular weight excluding hydrogens is 392 g/mol. The lowest BCUT2D eigenvalue weighted by atomic mass is 10.2. The van der Waals surface area contributed by atoms with Crippen LogP contribution in [0.2, 0.25) is 5.02 Å². The molecule has 0 fully saturated rings. The summed E-state index contributed by atoms with van der Waals surface area (Å²) in [4.78, 5) is 33.8. The van der Waals surface area contributed by atoms with Crippen LogP contribution in [0.3, 0.4) is 0 Å². The van der Waals surface area contributed by atoms with Crippen LogP contribution < -0.4 is 15.5 Å². The monoisotopic (exact) mass is 406 g/mol. The van der Waals surface area contributed by atoms with E-state index in [1.165, 1.54) is 12.1 Å². The van der Waals surface area contributed by atoms with Gasteiger partial charge in [0.15, 0.2) is 5.75 Å². The molecule has 11 heteroatoms. The highest BCUT2D eigenvalue weighted by molar-refractivity contribution is 6.39. The standard InChI is InChI=1S/C17H15ClN4O6/c1-2-28-14-7-10(6-13(15(14)23)22(26)27)9-19-21-17(25)16(24)20-12-5-3-4-11(18)8-12/h3-9,23H,2H2,1H3,(H,20,24)(H,21,25)/b19-9-. The Morgan fingerprint density at radius 2 is 2.07 bits per heavy atom. The van der Waals surface area contributed by atoms with E-state index < -0.39 is 28.2 Å². The summed E-state index contributed by atoms with van der Waals surface area (Å²) in [6.45, 7) is 1.82. The van der Waals surface area contributed by atoms with Gasteiger partial charge in [0.2, 0.25) is 5.75 Å². The predicted octanol–water partition coefficient (Wildman–Crippen LogP) is 2.44. The molecule has 0 aliphatic carbocycles. The third-order valence-electron chi connectivity index (χ3n) is 3.24. The van der Waals surface area contributed by atoms with E-state index in [0.717, 1.165) is 12.3 Å². The Kier molecular flexibility index (Phi) is 6.88. The summed E-state index contributed by atoms with van der Waals surface area (Å²) >= 11 is 5.79. The second-order valence-corrected chi connectivity index (χ2v) is 5.68. The first-order chi connectivity index (χ1) is 13.3. The zero-order valence-corrected chi connectivity index (χ0v) is 15.3. The number of hydrogen-bond acceptors (Lipinski definition) is 7. The molecule has 0 saturated heterocycles. The zero-order chi connectivity index (χ0) is 20.7. The van der Waals surface area contributed by atoms with Gasteiger partial charge in [0.25, 0.3) is 0 Å². The molecule has 3 N–H and O–H groups in total. The molecule has 146 valence electrons. The summed E-state index contributed by atoms with van der Waals surface area (Å²) in [5.41, 5.74) is 1.90. The smallest absolute Gasteiger partial charge is 0.329 e. The topological polar surface area (TPSA) is 143 Å². The molecule has 0 spiro atoms. The number of amides is 2. The number of rotatable bonds is 6. The van der Waals surface area contributed by atoms with Gasteiger partial charge in [-0.15, -0.1) is 0 Å². The number of nitrogens with zero attached hydrogens (tertiary/aromatic N) is 2. The van der Waals surface area contributed by atoms with Crippen molar-refractivity contribution in [2.75, 3.05) is 11.9 Å². The first-order valence-electron chi connectivity index (χ1n) is 7.86. The SMILES string of the molecule is CCOc1cc(/C=N\NC(=O)C(=O)Nc2cccc(Cl)c2)cc([N+](=O)[O-])c1O. The number of aromatic hydroxyl groups is 1. The molecule has 0 bridgehead atoms. The highest BCUT2D eigenvalue weighted by Gasteiger charge is 2.20. The lowest BCUT2D eigenvalue weighted by molar-refractivity contribution is -0.386. The van der Waals surface area contributed by atoms with Gasteiger partial charge in [0.1, 0.15) is 0 Å². The van der Waals surface area contributed by atoms with Crippen molar-refractivity contribution in [1.29, 1.82) is 0 Å². The van der Waals surface area contributed by atoms with Crippen molar-refractivity contribution in [1.82, 2.24) is 5.43 Å². The predicted molar refractivity (Wildman–Crippen MR) is 102 cm³/mol. The van der Waals surface area contributed by atoms with E-state index in [9.17, 15) is 24.8 Å². The number of carbonyl (C=O) groups is 2. The molecule has 0 radical (unpaired) electrons. The van der Waals surface area contributed by atoms with Gasteiger partial charge >= 0.3 is 17.5 Å². The van der Waals surface area contributed by atoms with Crippen molar-refractivity contribution in [2.24, 2.45) is 5.10 Å². The molecule has 2 aromatic carbocycles. The molecule has 0 aliphatic rings. The lowest BCUT2D eigenvalue weighted by Gasteiger charge is -2.07. The quantitative estimate of drug-likeness (QED) is 0.291. The van der Waals surface area contributed by atoms with Crippen molar-refractivity contribution in [3.63, 3.8) is 0 Å². The Hall–Kier alpha value is -3.66. The van der Waals surface area contributed by atoms with Gasteiger partial charge in [-0.1, -0.05) is 17.7 Å². The van der Waals surface area contributed by atoms with Gasteiger partial charge in [-0.25, -0.2) is 5.43 Å². The number of hydrogen-bond donors (Lipinski definition) is 3. The average Bonchev–Trinajstić information content (AvgIpc) is 2.63. The summed E-state index contributed by atoms with van der Waals surface area (Å²) in [7, 11) is 0. The third kappa shape index (κ3) is 5.42. The molecule has 2 rings (SSSR count). The molecule has 0 saturated carbocycles. The van der Waals surface area contributed by atoms with Gasteiger partial charge in [-0.3, -0.25) is 19.7 Å². The number of hydrazone groups is 1. The number of nitro benzene ring substituents is 1. The van der Waals surface area contributed by atoms with Crippen molar-refractivity contribution in [3.05, 3.63) is 57.1 Å². The Labute approximate surface area is 163 Å². The normalized spacial score (nSPS) is 10.5. The number of benzene rings is 2. The number of carbonyl (C=O) groups excluding carboxylic acids is 2. The van der Waals surface area contributed by atoms with Crippen LogP contribution in [0.5, 0.6) is 11.5 Å². The molecule has 0 aromatic heterocycles. The molecule has 0 atom stereocenters. The fourth-order valence-electron chi connectivity index (χ4n) is 2.06. The fourth-order valence-corrected chi connectivity index (χ4v) is 2.25. The van der Waals surface area contributed by atoms with Crippen molar-refractivity contribution >= 4 is 41.0 Å². The van der Waals surface area contributed by atoms with E-state index >= 15 is 0 Å². The van der Waals surface area contributed by atoms with E-state index in [4.69, 9.17) is 16.3 Å². The minimum atomic E-state index is -1.06. The summed E-state index contributed by atoms with van der Waals surface area (Å²) < 4.78 is 5.13. The Balaban J connectivity index is 2.07. The molecule has 0 heterocycles. The minimum absolute atomic E-state index is 0.108. The number of halogens is 1. The van der Waals surface area contributed by atoms with Gasteiger partial charge in [-0.05, 0) is 31.2 Å². The van der Waals surface area contributed by atoms with Crippen LogP contribution in [0.15, 0.2) is 41.5 Å². The molecule has 2 amide bonds. The maximum absolute atomic E-state index is 11.8. The average molecular weight is 407 g/mol. The minimum Gasteiger partial charge on any atom is -0.500 e. The number of anilines is 1. The summed E-state index contributed by atoms with van der Waals surface area (Å²) in [5.74, 6) is -2.77. The van der Waals surface area contributed by atoms with Crippen LogP contribution in [-0.2, 0) is 9.59 Å². The maximum atomic E-state index is 11.8. The lowest BCUT2D eigenvalue weighted by Crippen LogP contribution is -2.32. The van der Waals surface area contributed by atoms with E-state index in [2.05, 4.69) is 10.4 Å². The van der Waals surface area contributed by atoms with Crippen LogP contribution in [0.4, 0.5) is 11.4 Å². The maximum Gasteiger partial charge on any atom is 0.329 e. The molecule has 0 aliphatic heterocycles. The van der Waals surface area contributed by atoms with Crippen LogP contribution in [0.25, 0.3) is 0 Å². The zero-order valence-electron chi connectivity index (χ0n) is 14.5. The van der Waals surface area contributed by atoms with Crippen LogP contribution in [-0.4, -0.2) is 34.7 Å². The number of nitro groups is 1.